The van der Waals surface area contributed by atoms with Crippen LogP contribution < -0.4 is 5.32 Å². The van der Waals surface area contributed by atoms with Crippen molar-refractivity contribution in [2.45, 2.75) is 12.2 Å². The van der Waals surface area contributed by atoms with Gasteiger partial charge in [0, 0.05) is 5.69 Å². The number of benzene rings is 3. The number of para-hydroxylation sites is 1. The normalized spacial score (nSPS) is 18.3. The Kier molecular flexibility index (Phi) is 5.52. The Morgan fingerprint density at radius 1 is 0.966 bits per heavy atom. The van der Waals surface area contributed by atoms with Gasteiger partial charge in [-0.05, 0) is 29.8 Å². The van der Waals surface area contributed by atoms with Crippen molar-refractivity contribution in [3.8, 4) is 0 Å². The quantitative estimate of drug-likeness (QED) is 0.685. The first-order valence-electron chi connectivity index (χ1n) is 9.24. The van der Waals surface area contributed by atoms with E-state index in [1.807, 2.05) is 48.5 Å². The minimum Gasteiger partial charge on any atom is -0.465 e. The van der Waals surface area contributed by atoms with Crippen LogP contribution in [0.15, 0.2) is 89.9 Å². The summed E-state index contributed by atoms with van der Waals surface area (Å²) in [6, 6.07) is 24.7. The summed E-state index contributed by atoms with van der Waals surface area (Å²) >= 11 is 0. The summed E-state index contributed by atoms with van der Waals surface area (Å²) in [6.07, 6.45) is -1.86. The third kappa shape index (κ3) is 4.43. The monoisotopic (exact) mass is 390 g/mol. The van der Waals surface area contributed by atoms with Gasteiger partial charge in [-0.1, -0.05) is 60.7 Å². The number of nitrogens with zero attached hydrogens (tertiary/aromatic N) is 1. The van der Waals surface area contributed by atoms with Crippen molar-refractivity contribution in [3.05, 3.63) is 102 Å². The molecule has 2 unspecified atom stereocenters. The molecule has 6 heteroatoms. The summed E-state index contributed by atoms with van der Waals surface area (Å²) < 4.78 is 25.8. The number of hydrogen-bond acceptors (Lipinski definition) is 4. The first-order chi connectivity index (χ1) is 14.2. The summed E-state index contributed by atoms with van der Waals surface area (Å²) in [6.45, 7) is 0.158. The summed E-state index contributed by atoms with van der Waals surface area (Å²) in [5.41, 5.74) is 1.72. The lowest BCUT2D eigenvalue weighted by Crippen LogP contribution is -2.37. The van der Waals surface area contributed by atoms with Crippen LogP contribution >= 0.6 is 0 Å². The van der Waals surface area contributed by atoms with Crippen LogP contribution in [0.25, 0.3) is 0 Å². The molecule has 4 rings (SSSR count). The lowest BCUT2D eigenvalue weighted by Gasteiger charge is -2.31. The summed E-state index contributed by atoms with van der Waals surface area (Å²) in [5.74, 6) is -0.223. The first kappa shape index (κ1) is 18.7. The highest BCUT2D eigenvalue weighted by molar-refractivity contribution is 5.95. The topological polar surface area (TPSA) is 59.9 Å². The van der Waals surface area contributed by atoms with Gasteiger partial charge in [0.1, 0.15) is 5.82 Å². The van der Waals surface area contributed by atoms with Crippen LogP contribution in [0.2, 0.25) is 0 Å². The van der Waals surface area contributed by atoms with Gasteiger partial charge in [0.25, 0.3) is 0 Å². The minimum atomic E-state index is -0.656. The molecule has 1 N–H and O–H groups in total. The van der Waals surface area contributed by atoms with E-state index >= 15 is 0 Å². The molecule has 0 spiro atoms. The first-order valence-corrected chi connectivity index (χ1v) is 9.24. The lowest BCUT2D eigenvalue weighted by molar-refractivity contribution is 0.00980. The molecular weight excluding hydrogens is 371 g/mol. The molecule has 3 aromatic rings. The second kappa shape index (κ2) is 8.56. The highest BCUT2D eigenvalue weighted by atomic mass is 19.1. The van der Waals surface area contributed by atoms with Gasteiger partial charge in [-0.25, -0.2) is 14.2 Å². The van der Waals surface area contributed by atoms with Crippen LogP contribution in [0, 0.1) is 5.82 Å². The molecule has 0 aliphatic carbocycles. The summed E-state index contributed by atoms with van der Waals surface area (Å²) in [4.78, 5) is 16.7. The van der Waals surface area contributed by atoms with Crippen molar-refractivity contribution in [2.24, 2.45) is 4.99 Å². The van der Waals surface area contributed by atoms with E-state index in [0.29, 0.717) is 5.69 Å². The van der Waals surface area contributed by atoms with Gasteiger partial charge in [-0.2, -0.15) is 0 Å². The van der Waals surface area contributed by atoms with Crippen molar-refractivity contribution in [2.75, 3.05) is 11.9 Å². The van der Waals surface area contributed by atoms with E-state index in [9.17, 15) is 9.18 Å². The molecule has 0 radical (unpaired) electrons. The van der Waals surface area contributed by atoms with E-state index < -0.39 is 24.1 Å². The Hall–Kier alpha value is -3.67. The molecule has 0 bridgehead atoms. The number of hydrogen-bond donors (Lipinski definition) is 1. The molecule has 1 amide bonds. The van der Waals surface area contributed by atoms with Crippen LogP contribution in [0.3, 0.4) is 0 Å². The van der Waals surface area contributed by atoms with E-state index in [1.165, 1.54) is 6.07 Å². The van der Waals surface area contributed by atoms with E-state index in [0.717, 1.165) is 5.56 Å². The summed E-state index contributed by atoms with van der Waals surface area (Å²) in [5, 5.41) is 2.69. The zero-order valence-electron chi connectivity index (χ0n) is 15.5. The number of halogens is 1. The maximum absolute atomic E-state index is 14.2. The van der Waals surface area contributed by atoms with Gasteiger partial charge < -0.3 is 9.47 Å². The van der Waals surface area contributed by atoms with Crippen molar-refractivity contribution in [1.29, 1.82) is 0 Å². The van der Waals surface area contributed by atoms with Gasteiger partial charge in [-0.15, -0.1) is 0 Å². The second-order valence-corrected chi connectivity index (χ2v) is 6.51. The maximum Gasteiger partial charge on any atom is 0.412 e. The van der Waals surface area contributed by atoms with Gasteiger partial charge in [0.15, 0.2) is 12.2 Å². The number of aliphatic imine (C=N–C) groups is 1. The Labute approximate surface area is 167 Å². The van der Waals surface area contributed by atoms with E-state index in [-0.39, 0.29) is 18.0 Å². The molecule has 0 saturated carbocycles. The van der Waals surface area contributed by atoms with Gasteiger partial charge in [-0.3, -0.25) is 5.32 Å². The van der Waals surface area contributed by atoms with Crippen LogP contribution in [0.5, 0.6) is 0 Å². The molecule has 1 aliphatic rings. The molecule has 0 saturated heterocycles. The average molecular weight is 390 g/mol. The Balaban J connectivity index is 1.56. The fourth-order valence-corrected chi connectivity index (χ4v) is 3.12. The van der Waals surface area contributed by atoms with Gasteiger partial charge in [0.05, 0.1) is 12.1 Å². The number of nitrogens with one attached hydrogen (secondary N) is 1. The van der Waals surface area contributed by atoms with Crippen molar-refractivity contribution < 1.29 is 18.7 Å². The standard InChI is InChI=1S/C23H19FN2O3/c24-19-14-8-7-13-18(19)22-25-15-20(21(29-22)16-9-3-1-4-10-16)28-23(27)26-17-11-5-2-6-12-17/h1-14,20-21H,15H2,(H,26,27). The molecule has 0 fully saturated rings. The SMILES string of the molecule is O=C(Nc1ccccc1)OC1CN=C(c2ccccc2F)OC1c1ccccc1. The fourth-order valence-electron chi connectivity index (χ4n) is 3.12. The van der Waals surface area contributed by atoms with E-state index in [4.69, 9.17) is 9.47 Å². The predicted molar refractivity (Wildman–Crippen MR) is 108 cm³/mol. The fraction of sp³-hybridized carbons (Fsp3) is 0.130. The Morgan fingerprint density at radius 2 is 1.62 bits per heavy atom. The molecule has 1 aliphatic heterocycles. The van der Waals surface area contributed by atoms with Crippen LogP contribution in [-0.2, 0) is 9.47 Å². The lowest BCUT2D eigenvalue weighted by atomic mass is 10.0. The van der Waals surface area contributed by atoms with Crippen molar-refractivity contribution >= 4 is 17.7 Å². The van der Waals surface area contributed by atoms with Crippen molar-refractivity contribution in [1.82, 2.24) is 0 Å². The van der Waals surface area contributed by atoms with Gasteiger partial charge >= 0.3 is 6.09 Å². The number of amides is 1. The minimum absolute atomic E-state index is 0.158. The zero-order chi connectivity index (χ0) is 20.1. The molecular formula is C23H19FN2O3. The molecule has 146 valence electrons. The number of carbonyl (C=O) groups is 1. The Morgan fingerprint density at radius 3 is 2.34 bits per heavy atom. The number of anilines is 1. The third-order valence-electron chi connectivity index (χ3n) is 4.50. The summed E-state index contributed by atoms with van der Waals surface area (Å²) in [7, 11) is 0. The number of carbonyl (C=O) groups excluding carboxylic acids is 1. The molecule has 2 atom stereocenters. The number of rotatable bonds is 4. The maximum atomic E-state index is 14.2. The highest BCUT2D eigenvalue weighted by Crippen LogP contribution is 2.30. The Bertz CT molecular complexity index is 1010. The molecule has 3 aromatic carbocycles. The molecule has 1 heterocycles. The number of ether oxygens (including phenoxy) is 2. The van der Waals surface area contributed by atoms with Crippen molar-refractivity contribution in [3.63, 3.8) is 0 Å². The zero-order valence-corrected chi connectivity index (χ0v) is 15.5. The molecule has 29 heavy (non-hydrogen) atoms. The van der Waals surface area contributed by atoms with Crippen LogP contribution in [0.1, 0.15) is 17.2 Å². The van der Waals surface area contributed by atoms with Gasteiger partial charge in [0.2, 0.25) is 5.90 Å². The van der Waals surface area contributed by atoms with E-state index in [2.05, 4.69) is 10.3 Å². The van der Waals surface area contributed by atoms with Crippen LogP contribution in [0.4, 0.5) is 14.9 Å². The molecule has 0 aromatic heterocycles. The molecule has 5 nitrogen and oxygen atoms in total. The second-order valence-electron chi connectivity index (χ2n) is 6.51. The smallest absolute Gasteiger partial charge is 0.412 e. The van der Waals surface area contributed by atoms with E-state index in [1.54, 1.807) is 30.3 Å². The third-order valence-corrected chi connectivity index (χ3v) is 4.50. The predicted octanol–water partition coefficient (Wildman–Crippen LogP) is 4.96. The highest BCUT2D eigenvalue weighted by Gasteiger charge is 2.34. The van der Waals surface area contributed by atoms with Crippen LogP contribution in [-0.4, -0.2) is 24.6 Å². The average Bonchev–Trinajstić information content (AvgIpc) is 2.76. The largest absolute Gasteiger partial charge is 0.465 e.